The van der Waals surface area contributed by atoms with Crippen LogP contribution in [0.2, 0.25) is 0 Å². The summed E-state index contributed by atoms with van der Waals surface area (Å²) in [5, 5.41) is 3.47. The van der Waals surface area contributed by atoms with Crippen LogP contribution in [0.1, 0.15) is 37.9 Å². The maximum Gasteiger partial charge on any atom is 0.118 e. The lowest BCUT2D eigenvalue weighted by Crippen LogP contribution is -2.30. The number of rotatable bonds is 9. The third-order valence-corrected chi connectivity index (χ3v) is 4.32. The van der Waals surface area contributed by atoms with Gasteiger partial charge in [0, 0.05) is 23.9 Å². The summed E-state index contributed by atoms with van der Waals surface area (Å²) in [4.78, 5) is 2.35. The highest BCUT2D eigenvalue weighted by molar-refractivity contribution is 7.98. The summed E-state index contributed by atoms with van der Waals surface area (Å²) in [7, 11) is 2.16. The van der Waals surface area contributed by atoms with Crippen molar-refractivity contribution in [1.29, 1.82) is 0 Å². The number of aryl methyl sites for hydroxylation is 1. The van der Waals surface area contributed by atoms with Crippen LogP contribution in [0.15, 0.2) is 10.5 Å². The van der Waals surface area contributed by atoms with Gasteiger partial charge in [-0.05, 0) is 45.7 Å². The van der Waals surface area contributed by atoms with E-state index in [2.05, 4.69) is 57.3 Å². The van der Waals surface area contributed by atoms with Gasteiger partial charge in [0.25, 0.3) is 0 Å². The molecule has 1 atom stereocenters. The predicted octanol–water partition coefficient (Wildman–Crippen LogP) is 3.52. The van der Waals surface area contributed by atoms with Gasteiger partial charge >= 0.3 is 0 Å². The summed E-state index contributed by atoms with van der Waals surface area (Å²) >= 11 is 1.89. The average Bonchev–Trinajstić information content (AvgIpc) is 2.69. The van der Waals surface area contributed by atoms with Crippen molar-refractivity contribution in [2.24, 2.45) is 5.92 Å². The second-order valence-corrected chi connectivity index (χ2v) is 6.95. The van der Waals surface area contributed by atoms with Crippen LogP contribution in [0.3, 0.4) is 0 Å². The molecule has 0 aromatic carbocycles. The van der Waals surface area contributed by atoms with Crippen molar-refractivity contribution >= 4 is 11.8 Å². The largest absolute Gasteiger partial charge is 0.465 e. The Kier molecular flexibility index (Phi) is 7.70. The fourth-order valence-corrected chi connectivity index (χ4v) is 2.84. The number of hydrogen-bond acceptors (Lipinski definition) is 4. The normalized spacial score (nSPS) is 13.4. The molecule has 1 aromatic rings. The molecule has 20 heavy (non-hydrogen) atoms. The SMILES string of the molecule is CSCC(C)N(C)Cc1cc(CNCC(C)C)c(C)o1. The Labute approximate surface area is 128 Å². The number of hydrogen-bond donors (Lipinski definition) is 1. The summed E-state index contributed by atoms with van der Waals surface area (Å²) in [5.74, 6) is 3.94. The minimum absolute atomic E-state index is 0.568. The van der Waals surface area contributed by atoms with E-state index in [4.69, 9.17) is 4.42 Å². The van der Waals surface area contributed by atoms with Crippen molar-refractivity contribution in [2.75, 3.05) is 25.6 Å². The zero-order valence-corrected chi connectivity index (χ0v) is 14.6. The van der Waals surface area contributed by atoms with E-state index in [-0.39, 0.29) is 0 Å². The first-order valence-corrected chi connectivity index (χ1v) is 8.81. The topological polar surface area (TPSA) is 28.4 Å². The van der Waals surface area contributed by atoms with Crippen molar-refractivity contribution in [3.05, 3.63) is 23.2 Å². The molecule has 0 saturated carbocycles. The molecule has 3 nitrogen and oxygen atoms in total. The lowest BCUT2D eigenvalue weighted by Gasteiger charge is -2.22. The number of thioether (sulfide) groups is 1. The Balaban J connectivity index is 2.51. The van der Waals surface area contributed by atoms with Gasteiger partial charge in [-0.1, -0.05) is 13.8 Å². The maximum absolute atomic E-state index is 5.88. The minimum Gasteiger partial charge on any atom is -0.465 e. The van der Waals surface area contributed by atoms with Crippen LogP contribution in [-0.2, 0) is 13.1 Å². The van der Waals surface area contributed by atoms with Gasteiger partial charge in [0.05, 0.1) is 6.54 Å². The Bertz CT molecular complexity index is 390. The lowest BCUT2D eigenvalue weighted by molar-refractivity contribution is 0.245. The van der Waals surface area contributed by atoms with E-state index < -0.39 is 0 Å². The molecule has 0 saturated heterocycles. The monoisotopic (exact) mass is 298 g/mol. The van der Waals surface area contributed by atoms with Gasteiger partial charge in [-0.3, -0.25) is 4.90 Å². The van der Waals surface area contributed by atoms with Gasteiger partial charge in [0.1, 0.15) is 11.5 Å². The number of nitrogens with zero attached hydrogens (tertiary/aromatic N) is 1. The number of nitrogens with one attached hydrogen (secondary N) is 1. The average molecular weight is 298 g/mol. The smallest absolute Gasteiger partial charge is 0.118 e. The Morgan fingerprint density at radius 1 is 1.35 bits per heavy atom. The molecule has 1 N–H and O–H groups in total. The van der Waals surface area contributed by atoms with Crippen LogP contribution in [-0.4, -0.2) is 36.5 Å². The van der Waals surface area contributed by atoms with Crippen molar-refractivity contribution < 1.29 is 4.42 Å². The Hall–Kier alpha value is -0.450. The van der Waals surface area contributed by atoms with Crippen molar-refractivity contribution in [3.63, 3.8) is 0 Å². The van der Waals surface area contributed by atoms with Crippen molar-refractivity contribution in [3.8, 4) is 0 Å². The van der Waals surface area contributed by atoms with Gasteiger partial charge in [-0.25, -0.2) is 0 Å². The first-order valence-electron chi connectivity index (χ1n) is 7.42. The molecule has 0 radical (unpaired) electrons. The second-order valence-electron chi connectivity index (χ2n) is 6.04. The van der Waals surface area contributed by atoms with Gasteiger partial charge in [-0.2, -0.15) is 11.8 Å². The van der Waals surface area contributed by atoms with Gasteiger partial charge < -0.3 is 9.73 Å². The van der Waals surface area contributed by atoms with Crippen molar-refractivity contribution in [2.45, 2.75) is 46.8 Å². The highest BCUT2D eigenvalue weighted by Crippen LogP contribution is 2.17. The molecule has 0 amide bonds. The molecule has 4 heteroatoms. The summed E-state index contributed by atoms with van der Waals surface area (Å²) in [6.45, 7) is 11.6. The first-order chi connectivity index (χ1) is 9.43. The second kappa shape index (κ2) is 8.75. The fraction of sp³-hybridized carbons (Fsp3) is 0.750. The van der Waals surface area contributed by atoms with E-state index in [9.17, 15) is 0 Å². The molecule has 0 bridgehead atoms. The van der Waals surface area contributed by atoms with E-state index in [1.165, 1.54) is 5.56 Å². The molecule has 1 rings (SSSR count). The van der Waals surface area contributed by atoms with Crippen LogP contribution in [0.4, 0.5) is 0 Å². The quantitative estimate of drug-likeness (QED) is 0.755. The lowest BCUT2D eigenvalue weighted by atomic mass is 10.2. The van der Waals surface area contributed by atoms with Crippen LogP contribution in [0, 0.1) is 12.8 Å². The van der Waals surface area contributed by atoms with Gasteiger partial charge in [0.2, 0.25) is 0 Å². The van der Waals surface area contributed by atoms with Crippen LogP contribution >= 0.6 is 11.8 Å². The zero-order chi connectivity index (χ0) is 15.1. The molecule has 0 spiro atoms. The summed E-state index contributed by atoms with van der Waals surface area (Å²) in [6, 6.07) is 2.77. The predicted molar refractivity (Wildman–Crippen MR) is 89.3 cm³/mol. The third-order valence-electron chi connectivity index (χ3n) is 3.51. The number of furan rings is 1. The first kappa shape index (κ1) is 17.6. The maximum atomic E-state index is 5.88. The third kappa shape index (κ3) is 5.90. The Morgan fingerprint density at radius 2 is 2.05 bits per heavy atom. The highest BCUT2D eigenvalue weighted by Gasteiger charge is 2.13. The summed E-state index contributed by atoms with van der Waals surface area (Å²) < 4.78 is 5.88. The molecular weight excluding hydrogens is 268 g/mol. The minimum atomic E-state index is 0.568. The molecule has 1 unspecified atom stereocenters. The van der Waals surface area contributed by atoms with Crippen molar-refractivity contribution in [1.82, 2.24) is 10.2 Å². The molecule has 0 aliphatic heterocycles. The molecule has 116 valence electrons. The van der Waals surface area contributed by atoms with E-state index in [0.717, 1.165) is 36.9 Å². The molecule has 0 aliphatic rings. The van der Waals surface area contributed by atoms with E-state index in [1.54, 1.807) is 0 Å². The molecule has 0 fully saturated rings. The van der Waals surface area contributed by atoms with Crippen LogP contribution in [0.5, 0.6) is 0 Å². The molecule has 0 aliphatic carbocycles. The van der Waals surface area contributed by atoms with Gasteiger partial charge in [-0.15, -0.1) is 0 Å². The van der Waals surface area contributed by atoms with Gasteiger partial charge in [0.15, 0.2) is 0 Å². The van der Waals surface area contributed by atoms with E-state index in [0.29, 0.717) is 12.0 Å². The standard InChI is InChI=1S/C16H30N2OS/c1-12(2)8-17-9-15-7-16(19-14(15)4)10-18(5)13(3)11-20-6/h7,12-13,17H,8-11H2,1-6H3. The molecular formula is C16H30N2OS. The summed E-state index contributed by atoms with van der Waals surface area (Å²) in [6.07, 6.45) is 2.15. The zero-order valence-electron chi connectivity index (χ0n) is 13.8. The highest BCUT2D eigenvalue weighted by atomic mass is 32.2. The van der Waals surface area contributed by atoms with Crippen LogP contribution < -0.4 is 5.32 Å². The molecule has 1 aromatic heterocycles. The van der Waals surface area contributed by atoms with E-state index >= 15 is 0 Å². The molecule has 1 heterocycles. The fourth-order valence-electron chi connectivity index (χ4n) is 2.11. The summed E-state index contributed by atoms with van der Waals surface area (Å²) in [5.41, 5.74) is 1.28. The van der Waals surface area contributed by atoms with E-state index in [1.807, 2.05) is 11.8 Å². The Morgan fingerprint density at radius 3 is 2.65 bits per heavy atom. The van der Waals surface area contributed by atoms with Crippen LogP contribution in [0.25, 0.3) is 0 Å².